The van der Waals surface area contributed by atoms with Crippen LogP contribution in [0.3, 0.4) is 0 Å². The zero-order valence-corrected chi connectivity index (χ0v) is 13.8. The summed E-state index contributed by atoms with van der Waals surface area (Å²) in [5.41, 5.74) is 1.57. The average Bonchev–Trinajstić information content (AvgIpc) is 2.89. The van der Waals surface area contributed by atoms with E-state index >= 15 is 0 Å². The lowest BCUT2D eigenvalue weighted by molar-refractivity contribution is 0.0849. The summed E-state index contributed by atoms with van der Waals surface area (Å²) in [6.07, 6.45) is 3.29. The van der Waals surface area contributed by atoms with Crippen LogP contribution in [0.5, 0.6) is 0 Å². The van der Waals surface area contributed by atoms with Crippen LogP contribution < -0.4 is 11.1 Å². The summed E-state index contributed by atoms with van der Waals surface area (Å²) in [6.45, 7) is 2.38. The first-order valence-corrected chi connectivity index (χ1v) is 8.33. The summed E-state index contributed by atoms with van der Waals surface area (Å²) in [5, 5.41) is 12.3. The van der Waals surface area contributed by atoms with Gasteiger partial charge in [0.25, 0.3) is 5.91 Å². The number of rotatable bonds is 5. The molecule has 3 rings (SSSR count). The molecule has 0 aliphatic carbocycles. The second kappa shape index (κ2) is 7.19. The normalized spacial score (nSPS) is 18.8. The summed E-state index contributed by atoms with van der Waals surface area (Å²) < 4.78 is 6.44. The lowest BCUT2D eigenvalue weighted by Gasteiger charge is -2.34. The van der Waals surface area contributed by atoms with Crippen molar-refractivity contribution in [3.05, 3.63) is 34.3 Å². The first kappa shape index (κ1) is 16.7. The summed E-state index contributed by atoms with van der Waals surface area (Å²) in [7, 11) is 1.61. The van der Waals surface area contributed by atoms with Crippen LogP contribution in [0, 0.1) is 0 Å². The van der Waals surface area contributed by atoms with Crippen LogP contribution >= 0.6 is 0 Å². The van der Waals surface area contributed by atoms with E-state index in [2.05, 4.69) is 10.2 Å². The summed E-state index contributed by atoms with van der Waals surface area (Å²) in [5.74, 6) is -0.620. The number of nitrogens with one attached hydrogen (secondary N) is 1. The van der Waals surface area contributed by atoms with Crippen molar-refractivity contribution in [1.82, 2.24) is 14.8 Å². The number of carbonyl (C=O) groups excluding carboxylic acids is 1. The highest BCUT2D eigenvalue weighted by Gasteiger charge is 2.21. The van der Waals surface area contributed by atoms with Crippen molar-refractivity contribution in [2.75, 3.05) is 26.2 Å². The van der Waals surface area contributed by atoms with Crippen LogP contribution in [0.15, 0.2) is 27.4 Å². The zero-order chi connectivity index (χ0) is 17.1. The number of aliphatic hydroxyl groups excluding tert-OH is 1. The SMILES string of the molecule is Cn1c(=O)oc2ccc(C(=O)NCCN3CCCC[C@@H]3CO)cc21. The zero-order valence-electron chi connectivity index (χ0n) is 13.8. The Balaban J connectivity index is 1.60. The van der Waals surface area contributed by atoms with Gasteiger partial charge in [0.05, 0.1) is 12.1 Å². The molecule has 0 unspecified atom stereocenters. The van der Waals surface area contributed by atoms with Gasteiger partial charge in [0.15, 0.2) is 5.58 Å². The molecule has 1 atom stereocenters. The molecular weight excluding hydrogens is 310 g/mol. The maximum absolute atomic E-state index is 12.3. The van der Waals surface area contributed by atoms with E-state index in [0.717, 1.165) is 32.4 Å². The number of benzene rings is 1. The Labute approximate surface area is 139 Å². The van der Waals surface area contributed by atoms with Gasteiger partial charge in [-0.1, -0.05) is 6.42 Å². The third-order valence-corrected chi connectivity index (χ3v) is 4.70. The summed E-state index contributed by atoms with van der Waals surface area (Å²) in [6, 6.07) is 5.15. The number of piperidine rings is 1. The van der Waals surface area contributed by atoms with Crippen molar-refractivity contribution >= 4 is 17.0 Å². The first-order chi connectivity index (χ1) is 11.6. The second-order valence-electron chi connectivity index (χ2n) is 6.23. The highest BCUT2D eigenvalue weighted by Crippen LogP contribution is 2.16. The van der Waals surface area contributed by atoms with Crippen molar-refractivity contribution in [3.8, 4) is 0 Å². The quantitative estimate of drug-likeness (QED) is 0.841. The molecule has 2 N–H and O–H groups in total. The van der Waals surface area contributed by atoms with E-state index < -0.39 is 5.76 Å². The number of fused-ring (bicyclic) bond motifs is 1. The highest BCUT2D eigenvalue weighted by atomic mass is 16.4. The predicted molar refractivity (Wildman–Crippen MR) is 90.1 cm³/mol. The topological polar surface area (TPSA) is 87.7 Å². The smallest absolute Gasteiger partial charge is 0.408 e. The second-order valence-corrected chi connectivity index (χ2v) is 6.23. The van der Waals surface area contributed by atoms with Crippen molar-refractivity contribution in [3.63, 3.8) is 0 Å². The first-order valence-electron chi connectivity index (χ1n) is 8.33. The lowest BCUT2D eigenvalue weighted by Crippen LogP contribution is -2.45. The number of hydrogen-bond acceptors (Lipinski definition) is 5. The maximum atomic E-state index is 12.3. The summed E-state index contributed by atoms with van der Waals surface area (Å²) in [4.78, 5) is 26.0. The van der Waals surface area contributed by atoms with Crippen LogP contribution in [0.25, 0.3) is 11.1 Å². The Morgan fingerprint density at radius 3 is 3.04 bits per heavy atom. The molecule has 2 aromatic rings. The Hall–Kier alpha value is -2.12. The van der Waals surface area contributed by atoms with E-state index in [1.165, 1.54) is 4.57 Å². The van der Waals surface area contributed by atoms with Gasteiger partial charge in [-0.05, 0) is 37.6 Å². The van der Waals surface area contributed by atoms with Crippen LogP contribution in [-0.2, 0) is 7.05 Å². The standard InChI is InChI=1S/C17H23N3O4/c1-19-14-10-12(5-6-15(14)24-17(19)23)16(22)18-7-9-20-8-3-2-4-13(20)11-21/h5-6,10,13,21H,2-4,7-9,11H2,1H3,(H,18,22)/t13-/m1/s1. The molecule has 0 bridgehead atoms. The van der Waals surface area contributed by atoms with Gasteiger partial charge in [0.1, 0.15) is 0 Å². The van der Waals surface area contributed by atoms with Gasteiger partial charge in [-0.2, -0.15) is 0 Å². The molecule has 1 amide bonds. The molecule has 0 spiro atoms. The molecule has 130 valence electrons. The van der Waals surface area contributed by atoms with Crippen LogP contribution in [0.1, 0.15) is 29.6 Å². The van der Waals surface area contributed by atoms with Crippen LogP contribution in [0.2, 0.25) is 0 Å². The minimum absolute atomic E-state index is 0.166. The average molecular weight is 333 g/mol. The minimum atomic E-state index is -0.442. The number of likely N-dealkylation sites (tertiary alicyclic amines) is 1. The van der Waals surface area contributed by atoms with Crippen molar-refractivity contribution in [2.45, 2.75) is 25.3 Å². The van der Waals surface area contributed by atoms with Gasteiger partial charge in [-0.15, -0.1) is 0 Å². The number of aromatic nitrogens is 1. The molecule has 0 radical (unpaired) electrons. The van der Waals surface area contributed by atoms with E-state index in [4.69, 9.17) is 4.42 Å². The lowest BCUT2D eigenvalue weighted by atomic mass is 10.0. The molecule has 7 nitrogen and oxygen atoms in total. The van der Waals surface area contributed by atoms with Gasteiger partial charge in [0.2, 0.25) is 0 Å². The molecule has 1 aromatic carbocycles. The fraction of sp³-hybridized carbons (Fsp3) is 0.529. The van der Waals surface area contributed by atoms with E-state index in [0.29, 0.717) is 23.2 Å². The fourth-order valence-electron chi connectivity index (χ4n) is 3.24. The molecule has 2 heterocycles. The molecule has 7 heteroatoms. The van der Waals surface area contributed by atoms with E-state index in [-0.39, 0.29) is 18.6 Å². The van der Waals surface area contributed by atoms with Gasteiger partial charge in [0, 0.05) is 31.7 Å². The minimum Gasteiger partial charge on any atom is -0.408 e. The molecule has 1 aliphatic rings. The number of amides is 1. The third kappa shape index (κ3) is 3.37. The largest absolute Gasteiger partial charge is 0.419 e. The van der Waals surface area contributed by atoms with Crippen molar-refractivity contribution in [2.24, 2.45) is 7.05 Å². The number of carbonyl (C=O) groups is 1. The fourth-order valence-corrected chi connectivity index (χ4v) is 3.24. The Morgan fingerprint density at radius 1 is 1.42 bits per heavy atom. The molecule has 0 saturated carbocycles. The van der Waals surface area contributed by atoms with Gasteiger partial charge >= 0.3 is 5.76 Å². The number of aliphatic hydroxyl groups is 1. The predicted octanol–water partition coefficient (Wildman–Crippen LogP) is 0.708. The molecular formula is C17H23N3O4. The van der Waals surface area contributed by atoms with Crippen LogP contribution in [-0.4, -0.2) is 52.8 Å². The van der Waals surface area contributed by atoms with E-state index in [1.807, 2.05) is 0 Å². The number of oxazole rings is 1. The van der Waals surface area contributed by atoms with Gasteiger partial charge < -0.3 is 14.8 Å². The molecule has 1 saturated heterocycles. The molecule has 24 heavy (non-hydrogen) atoms. The maximum Gasteiger partial charge on any atom is 0.419 e. The summed E-state index contributed by atoms with van der Waals surface area (Å²) >= 11 is 0. The molecule has 1 fully saturated rings. The van der Waals surface area contributed by atoms with Gasteiger partial charge in [-0.25, -0.2) is 4.79 Å². The number of aryl methyl sites for hydroxylation is 1. The van der Waals surface area contributed by atoms with Crippen molar-refractivity contribution < 1.29 is 14.3 Å². The number of hydrogen-bond donors (Lipinski definition) is 2. The van der Waals surface area contributed by atoms with Crippen LogP contribution in [0.4, 0.5) is 0 Å². The Kier molecular flexibility index (Phi) is 5.01. The highest BCUT2D eigenvalue weighted by molar-refractivity contribution is 5.97. The Morgan fingerprint density at radius 2 is 2.25 bits per heavy atom. The van der Waals surface area contributed by atoms with Gasteiger partial charge in [-0.3, -0.25) is 14.3 Å². The molecule has 1 aromatic heterocycles. The number of nitrogens with zero attached hydrogens (tertiary/aromatic N) is 2. The van der Waals surface area contributed by atoms with E-state index in [9.17, 15) is 14.7 Å². The third-order valence-electron chi connectivity index (χ3n) is 4.70. The molecule has 1 aliphatic heterocycles. The monoisotopic (exact) mass is 333 g/mol. The van der Waals surface area contributed by atoms with Crippen molar-refractivity contribution in [1.29, 1.82) is 0 Å². The Bertz CT molecular complexity index is 780. The van der Waals surface area contributed by atoms with E-state index in [1.54, 1.807) is 25.2 Å².